The van der Waals surface area contributed by atoms with Crippen LogP contribution < -0.4 is 0 Å². The van der Waals surface area contributed by atoms with Crippen LogP contribution in [0.3, 0.4) is 0 Å². The molecule has 2 heteroatoms. The van der Waals surface area contributed by atoms with Gasteiger partial charge in [0.25, 0.3) is 0 Å². The Labute approximate surface area is 129 Å². The Morgan fingerprint density at radius 3 is 2.57 bits per heavy atom. The summed E-state index contributed by atoms with van der Waals surface area (Å²) >= 11 is 0. The van der Waals surface area contributed by atoms with Crippen LogP contribution in [0.5, 0.6) is 0 Å². The normalized spacial score (nSPS) is 43.0. The number of rotatable bonds is 2. The zero-order valence-corrected chi connectivity index (χ0v) is 14.0. The summed E-state index contributed by atoms with van der Waals surface area (Å²) in [6.45, 7) is 7.44. The van der Waals surface area contributed by atoms with Crippen molar-refractivity contribution in [2.24, 2.45) is 22.7 Å². The van der Waals surface area contributed by atoms with Crippen molar-refractivity contribution in [2.45, 2.75) is 78.2 Å². The van der Waals surface area contributed by atoms with E-state index >= 15 is 0 Å². The largest absolute Gasteiger partial charge is 0.396 e. The van der Waals surface area contributed by atoms with Crippen molar-refractivity contribution in [1.29, 1.82) is 0 Å². The van der Waals surface area contributed by atoms with Gasteiger partial charge in [0, 0.05) is 6.61 Å². The predicted octanol–water partition coefficient (Wildman–Crippen LogP) is 4.06. The van der Waals surface area contributed by atoms with Crippen LogP contribution in [0.1, 0.15) is 72.1 Å². The van der Waals surface area contributed by atoms with Crippen LogP contribution in [0.15, 0.2) is 11.1 Å². The van der Waals surface area contributed by atoms with E-state index in [9.17, 15) is 10.2 Å². The Bertz CT molecular complexity index is 437. The summed E-state index contributed by atoms with van der Waals surface area (Å²) in [5.74, 6) is 0.984. The van der Waals surface area contributed by atoms with E-state index in [1.165, 1.54) is 32.1 Å². The molecule has 120 valence electrons. The van der Waals surface area contributed by atoms with Crippen LogP contribution in [0, 0.1) is 22.7 Å². The lowest BCUT2D eigenvalue weighted by atomic mass is 9.56. The fraction of sp³-hybridized carbons (Fsp3) is 0.895. The van der Waals surface area contributed by atoms with Crippen LogP contribution in [0.25, 0.3) is 0 Å². The molecular formula is C19H32O2. The highest BCUT2D eigenvalue weighted by atomic mass is 16.3. The molecule has 3 aliphatic carbocycles. The average Bonchev–Trinajstić information content (AvgIpc) is 2.77. The van der Waals surface area contributed by atoms with Crippen molar-refractivity contribution in [1.82, 2.24) is 0 Å². The van der Waals surface area contributed by atoms with Crippen molar-refractivity contribution < 1.29 is 10.2 Å². The lowest BCUT2D eigenvalue weighted by Crippen LogP contribution is -2.44. The van der Waals surface area contributed by atoms with E-state index in [0.717, 1.165) is 19.3 Å². The molecule has 0 aromatic heterocycles. The first-order valence-electron chi connectivity index (χ1n) is 8.87. The average molecular weight is 292 g/mol. The monoisotopic (exact) mass is 292 g/mol. The molecule has 0 radical (unpaired) electrons. The smallest absolute Gasteiger partial charge is 0.0544 e. The van der Waals surface area contributed by atoms with Crippen LogP contribution >= 0.6 is 0 Å². The van der Waals surface area contributed by atoms with E-state index < -0.39 is 0 Å². The van der Waals surface area contributed by atoms with Gasteiger partial charge in [-0.25, -0.2) is 0 Å². The zero-order valence-electron chi connectivity index (χ0n) is 14.0. The summed E-state index contributed by atoms with van der Waals surface area (Å²) in [6.07, 6.45) is 9.01. The highest BCUT2D eigenvalue weighted by Crippen LogP contribution is 2.56. The Morgan fingerprint density at radius 1 is 1.10 bits per heavy atom. The summed E-state index contributed by atoms with van der Waals surface area (Å²) in [4.78, 5) is 0. The molecule has 1 saturated carbocycles. The third kappa shape index (κ3) is 2.59. The Balaban J connectivity index is 1.79. The molecule has 0 spiro atoms. The Kier molecular flexibility index (Phi) is 3.99. The molecule has 2 N–H and O–H groups in total. The molecule has 3 aliphatic rings. The summed E-state index contributed by atoms with van der Waals surface area (Å²) in [6, 6.07) is 0. The van der Waals surface area contributed by atoms with Crippen LogP contribution in [0.4, 0.5) is 0 Å². The van der Waals surface area contributed by atoms with Crippen molar-refractivity contribution in [3.63, 3.8) is 0 Å². The van der Waals surface area contributed by atoms with Crippen LogP contribution in [0.2, 0.25) is 0 Å². The van der Waals surface area contributed by atoms with E-state index in [0.29, 0.717) is 11.3 Å². The lowest BCUT2D eigenvalue weighted by Gasteiger charge is -2.49. The first-order valence-corrected chi connectivity index (χ1v) is 8.87. The van der Waals surface area contributed by atoms with E-state index in [-0.39, 0.29) is 24.0 Å². The quantitative estimate of drug-likeness (QED) is 0.753. The van der Waals surface area contributed by atoms with E-state index in [2.05, 4.69) is 20.8 Å². The molecule has 0 bridgehead atoms. The minimum atomic E-state index is -0.195. The number of allylic oxidation sites excluding steroid dienone is 2. The van der Waals surface area contributed by atoms with Gasteiger partial charge in [-0.15, -0.1) is 0 Å². The number of hydrogen-bond acceptors (Lipinski definition) is 2. The van der Waals surface area contributed by atoms with Crippen molar-refractivity contribution in [2.75, 3.05) is 6.61 Å². The summed E-state index contributed by atoms with van der Waals surface area (Å²) in [5.41, 5.74) is 4.14. The van der Waals surface area contributed by atoms with Gasteiger partial charge >= 0.3 is 0 Å². The molecule has 2 nitrogen and oxygen atoms in total. The van der Waals surface area contributed by atoms with Gasteiger partial charge in [0.15, 0.2) is 0 Å². The maximum atomic E-state index is 9.94. The van der Waals surface area contributed by atoms with Gasteiger partial charge in [-0.05, 0) is 74.0 Å². The predicted molar refractivity (Wildman–Crippen MR) is 85.9 cm³/mol. The maximum Gasteiger partial charge on any atom is 0.0544 e. The van der Waals surface area contributed by atoms with Crippen molar-refractivity contribution in [3.05, 3.63) is 11.1 Å². The molecule has 0 saturated heterocycles. The maximum absolute atomic E-state index is 9.94. The summed E-state index contributed by atoms with van der Waals surface area (Å²) in [5, 5.41) is 19.8. The third-order valence-corrected chi connectivity index (χ3v) is 7.19. The van der Waals surface area contributed by atoms with Gasteiger partial charge in [-0.2, -0.15) is 0 Å². The molecule has 0 heterocycles. The fourth-order valence-corrected chi connectivity index (χ4v) is 5.48. The summed E-state index contributed by atoms with van der Waals surface area (Å²) < 4.78 is 0. The van der Waals surface area contributed by atoms with Gasteiger partial charge in [-0.3, -0.25) is 0 Å². The molecule has 3 rings (SSSR count). The number of aliphatic hydroxyl groups is 2. The Hall–Kier alpha value is -0.340. The van der Waals surface area contributed by atoms with E-state index in [1.807, 2.05) is 0 Å². The molecular weight excluding hydrogens is 260 g/mol. The second kappa shape index (κ2) is 5.38. The fourth-order valence-electron chi connectivity index (χ4n) is 5.48. The Morgan fingerprint density at radius 2 is 1.86 bits per heavy atom. The van der Waals surface area contributed by atoms with Gasteiger partial charge in [0.2, 0.25) is 0 Å². The van der Waals surface area contributed by atoms with E-state index in [4.69, 9.17) is 0 Å². The first kappa shape index (κ1) is 15.6. The minimum absolute atomic E-state index is 0.195. The highest BCUT2D eigenvalue weighted by molar-refractivity contribution is 5.30. The zero-order chi connectivity index (χ0) is 15.3. The molecule has 1 fully saturated rings. The molecule has 4 atom stereocenters. The standard InChI is InChI=1S/C19H32O2/c1-18(2)8-6-13-10-14(4-5-17(13)18)19(3)9-7-16(21)11-15(19)12-20/h14-16,20-21H,4-12H2,1-3H3/t14?,15-,16+,19-/m1/s1. The van der Waals surface area contributed by atoms with Crippen LogP contribution in [-0.2, 0) is 0 Å². The van der Waals surface area contributed by atoms with Gasteiger partial charge in [0.05, 0.1) is 6.10 Å². The van der Waals surface area contributed by atoms with Gasteiger partial charge in [0.1, 0.15) is 0 Å². The molecule has 0 aromatic rings. The summed E-state index contributed by atoms with van der Waals surface area (Å²) in [7, 11) is 0. The van der Waals surface area contributed by atoms with Gasteiger partial charge in [-0.1, -0.05) is 31.9 Å². The topological polar surface area (TPSA) is 40.5 Å². The molecule has 0 aliphatic heterocycles. The molecule has 1 unspecified atom stereocenters. The number of aliphatic hydroxyl groups excluding tert-OH is 2. The molecule has 21 heavy (non-hydrogen) atoms. The second-order valence-corrected chi connectivity index (χ2v) is 8.72. The van der Waals surface area contributed by atoms with Crippen molar-refractivity contribution >= 4 is 0 Å². The molecule has 0 aromatic carbocycles. The van der Waals surface area contributed by atoms with E-state index in [1.54, 1.807) is 11.1 Å². The third-order valence-electron chi connectivity index (χ3n) is 7.19. The number of hydrogen-bond donors (Lipinski definition) is 2. The van der Waals surface area contributed by atoms with Gasteiger partial charge < -0.3 is 10.2 Å². The van der Waals surface area contributed by atoms with Crippen molar-refractivity contribution in [3.8, 4) is 0 Å². The first-order chi connectivity index (χ1) is 9.87. The minimum Gasteiger partial charge on any atom is -0.396 e. The lowest BCUT2D eigenvalue weighted by molar-refractivity contribution is -0.0455. The SMILES string of the molecule is CC1(C)CCC2=C1CCC([C@@]1(C)CC[C@H](O)C[C@@H]1CO)C2. The highest BCUT2D eigenvalue weighted by Gasteiger charge is 2.47. The molecule has 0 amide bonds. The second-order valence-electron chi connectivity index (χ2n) is 8.72. The van der Waals surface area contributed by atoms with Crippen LogP contribution in [-0.4, -0.2) is 22.9 Å².